The monoisotopic (exact) mass is 291 g/mol. The van der Waals surface area contributed by atoms with Crippen LogP contribution in [0.15, 0.2) is 24.4 Å². The summed E-state index contributed by atoms with van der Waals surface area (Å²) in [7, 11) is 0. The van der Waals surface area contributed by atoms with Crippen molar-refractivity contribution in [1.29, 1.82) is 0 Å². The van der Waals surface area contributed by atoms with E-state index in [1.54, 1.807) is 11.0 Å². The largest absolute Gasteiger partial charge is 0.367 e. The van der Waals surface area contributed by atoms with Crippen molar-refractivity contribution in [3.8, 4) is 0 Å². The molecule has 0 unspecified atom stereocenters. The number of halogens is 2. The average Bonchev–Trinajstić information content (AvgIpc) is 2.50. The highest BCUT2D eigenvalue weighted by Gasteiger charge is 2.22. The van der Waals surface area contributed by atoms with Gasteiger partial charge in [0.1, 0.15) is 17.2 Å². The molecule has 1 fully saturated rings. The van der Waals surface area contributed by atoms with Gasteiger partial charge in [0.05, 0.1) is 11.1 Å². The van der Waals surface area contributed by atoms with Gasteiger partial charge < -0.3 is 9.80 Å². The van der Waals surface area contributed by atoms with E-state index in [2.05, 4.69) is 4.98 Å². The number of piperazine rings is 1. The molecule has 1 amide bonds. The van der Waals surface area contributed by atoms with Crippen LogP contribution in [0.5, 0.6) is 0 Å². The van der Waals surface area contributed by atoms with E-state index < -0.39 is 11.6 Å². The fraction of sp³-hybridized carbons (Fsp3) is 0.333. The zero-order valence-electron chi connectivity index (χ0n) is 11.6. The second-order valence-electron chi connectivity index (χ2n) is 5.08. The molecule has 6 heteroatoms. The van der Waals surface area contributed by atoms with E-state index >= 15 is 0 Å². The van der Waals surface area contributed by atoms with Crippen LogP contribution in [0.3, 0.4) is 0 Å². The minimum atomic E-state index is -0.532. The van der Waals surface area contributed by atoms with Gasteiger partial charge in [-0.2, -0.15) is 0 Å². The number of aromatic nitrogens is 1. The highest BCUT2D eigenvalue weighted by atomic mass is 19.1. The van der Waals surface area contributed by atoms with Gasteiger partial charge in [0.25, 0.3) is 0 Å². The van der Waals surface area contributed by atoms with E-state index in [9.17, 15) is 13.6 Å². The van der Waals surface area contributed by atoms with Crippen LogP contribution in [0.1, 0.15) is 6.92 Å². The lowest BCUT2D eigenvalue weighted by atomic mass is 10.1. The third-order valence-electron chi connectivity index (χ3n) is 3.84. The maximum absolute atomic E-state index is 14.1. The summed E-state index contributed by atoms with van der Waals surface area (Å²) in [5, 5.41) is 0.203. The highest BCUT2D eigenvalue weighted by Crippen LogP contribution is 2.30. The topological polar surface area (TPSA) is 36.4 Å². The molecule has 2 heterocycles. The zero-order valence-corrected chi connectivity index (χ0v) is 11.6. The first kappa shape index (κ1) is 13.7. The molecule has 0 bridgehead atoms. The number of fused-ring (bicyclic) bond motifs is 1. The summed E-state index contributed by atoms with van der Waals surface area (Å²) in [6, 6.07) is 3.89. The number of anilines is 1. The SMILES string of the molecule is CC(=O)N1CCN(c2ccnc3c(F)ccc(F)c23)CC1. The Hall–Kier alpha value is -2.24. The number of hydrogen-bond donors (Lipinski definition) is 0. The molecular weight excluding hydrogens is 276 g/mol. The molecule has 3 rings (SSSR count). The van der Waals surface area contributed by atoms with Crippen LogP contribution in [0.25, 0.3) is 10.9 Å². The fourth-order valence-corrected chi connectivity index (χ4v) is 2.70. The van der Waals surface area contributed by atoms with Crippen molar-refractivity contribution in [2.24, 2.45) is 0 Å². The minimum absolute atomic E-state index is 0.0338. The normalized spacial score (nSPS) is 15.6. The number of benzene rings is 1. The number of nitrogens with zero attached hydrogens (tertiary/aromatic N) is 3. The number of pyridine rings is 1. The summed E-state index contributed by atoms with van der Waals surface area (Å²) < 4.78 is 27.9. The standard InChI is InChI=1S/C15H15F2N3O/c1-10(21)19-6-8-20(9-7-19)13-4-5-18-15-12(17)3-2-11(16)14(13)15/h2-5H,6-9H2,1H3. The van der Waals surface area contributed by atoms with Gasteiger partial charge in [0.15, 0.2) is 0 Å². The second-order valence-corrected chi connectivity index (χ2v) is 5.08. The number of rotatable bonds is 1. The summed E-state index contributed by atoms with van der Waals surface area (Å²) in [6.07, 6.45) is 1.48. The molecule has 0 aliphatic carbocycles. The first-order valence-electron chi connectivity index (χ1n) is 6.81. The fourth-order valence-electron chi connectivity index (χ4n) is 2.70. The Bertz CT molecular complexity index is 697. The first-order chi connectivity index (χ1) is 10.1. The predicted molar refractivity (Wildman–Crippen MR) is 76.1 cm³/mol. The minimum Gasteiger partial charge on any atom is -0.367 e. The molecule has 110 valence electrons. The van der Waals surface area contributed by atoms with E-state index in [1.807, 2.05) is 4.90 Å². The molecule has 1 aromatic heterocycles. The van der Waals surface area contributed by atoms with Crippen molar-refractivity contribution in [1.82, 2.24) is 9.88 Å². The van der Waals surface area contributed by atoms with Crippen molar-refractivity contribution < 1.29 is 13.6 Å². The first-order valence-corrected chi connectivity index (χ1v) is 6.81. The average molecular weight is 291 g/mol. The van der Waals surface area contributed by atoms with Gasteiger partial charge in [-0.1, -0.05) is 0 Å². The third kappa shape index (κ3) is 2.41. The Kier molecular flexibility index (Phi) is 3.45. The number of carbonyl (C=O) groups excluding carboxylic acids is 1. The molecule has 0 atom stereocenters. The number of hydrogen-bond acceptors (Lipinski definition) is 3. The maximum atomic E-state index is 14.1. The number of amides is 1. The summed E-state index contributed by atoms with van der Waals surface area (Å²) in [4.78, 5) is 19.0. The summed E-state index contributed by atoms with van der Waals surface area (Å²) in [6.45, 7) is 3.88. The Balaban J connectivity index is 1.99. The van der Waals surface area contributed by atoms with Crippen molar-refractivity contribution >= 4 is 22.5 Å². The Labute approximate surface area is 121 Å². The Morgan fingerprint density at radius 1 is 1.10 bits per heavy atom. The van der Waals surface area contributed by atoms with Crippen molar-refractivity contribution in [2.45, 2.75) is 6.92 Å². The molecule has 0 radical (unpaired) electrons. The quantitative estimate of drug-likeness (QED) is 0.808. The van der Waals surface area contributed by atoms with E-state index in [4.69, 9.17) is 0 Å². The lowest BCUT2D eigenvalue weighted by Gasteiger charge is -2.36. The molecule has 0 saturated carbocycles. The molecule has 21 heavy (non-hydrogen) atoms. The van der Waals surface area contributed by atoms with E-state index in [0.717, 1.165) is 12.1 Å². The Morgan fingerprint density at radius 3 is 2.43 bits per heavy atom. The highest BCUT2D eigenvalue weighted by molar-refractivity contribution is 5.92. The second kappa shape index (κ2) is 5.27. The molecule has 1 saturated heterocycles. The zero-order chi connectivity index (χ0) is 15.0. The van der Waals surface area contributed by atoms with Crippen LogP contribution in [-0.2, 0) is 4.79 Å². The molecule has 1 aliphatic rings. The maximum Gasteiger partial charge on any atom is 0.219 e. The molecular formula is C15H15F2N3O. The third-order valence-corrected chi connectivity index (χ3v) is 3.84. The van der Waals surface area contributed by atoms with Crippen LogP contribution in [0.2, 0.25) is 0 Å². The predicted octanol–water partition coefficient (Wildman–Crippen LogP) is 2.18. The van der Waals surface area contributed by atoms with Gasteiger partial charge in [-0.3, -0.25) is 9.78 Å². The van der Waals surface area contributed by atoms with Crippen molar-refractivity contribution in [3.63, 3.8) is 0 Å². The van der Waals surface area contributed by atoms with Crippen LogP contribution in [0, 0.1) is 11.6 Å². The molecule has 0 spiro atoms. The molecule has 1 aromatic carbocycles. The van der Waals surface area contributed by atoms with E-state index in [0.29, 0.717) is 31.9 Å². The summed E-state index contributed by atoms with van der Waals surface area (Å²) in [5.41, 5.74) is 0.668. The lowest BCUT2D eigenvalue weighted by molar-refractivity contribution is -0.129. The van der Waals surface area contributed by atoms with E-state index in [1.165, 1.54) is 13.1 Å². The van der Waals surface area contributed by atoms with Crippen LogP contribution in [-0.4, -0.2) is 42.0 Å². The number of carbonyl (C=O) groups is 1. The van der Waals surface area contributed by atoms with Crippen molar-refractivity contribution in [2.75, 3.05) is 31.1 Å². The molecule has 1 aliphatic heterocycles. The van der Waals surface area contributed by atoms with Crippen LogP contribution < -0.4 is 4.90 Å². The smallest absolute Gasteiger partial charge is 0.219 e. The van der Waals surface area contributed by atoms with Crippen molar-refractivity contribution in [3.05, 3.63) is 36.0 Å². The van der Waals surface area contributed by atoms with Gasteiger partial charge in [0, 0.05) is 39.3 Å². The van der Waals surface area contributed by atoms with Gasteiger partial charge in [-0.15, -0.1) is 0 Å². The lowest BCUT2D eigenvalue weighted by Crippen LogP contribution is -2.48. The molecule has 2 aromatic rings. The van der Waals surface area contributed by atoms with Crippen LogP contribution >= 0.6 is 0 Å². The Morgan fingerprint density at radius 2 is 1.76 bits per heavy atom. The summed E-state index contributed by atoms with van der Waals surface area (Å²) >= 11 is 0. The van der Waals surface area contributed by atoms with Gasteiger partial charge in [0.2, 0.25) is 5.91 Å². The molecule has 0 N–H and O–H groups in total. The van der Waals surface area contributed by atoms with Gasteiger partial charge in [-0.05, 0) is 18.2 Å². The van der Waals surface area contributed by atoms with E-state index in [-0.39, 0.29) is 16.8 Å². The van der Waals surface area contributed by atoms with Gasteiger partial charge >= 0.3 is 0 Å². The molecule has 4 nitrogen and oxygen atoms in total. The van der Waals surface area contributed by atoms with Crippen LogP contribution in [0.4, 0.5) is 14.5 Å². The summed E-state index contributed by atoms with van der Waals surface area (Å²) in [5.74, 6) is -0.981. The van der Waals surface area contributed by atoms with Gasteiger partial charge in [-0.25, -0.2) is 8.78 Å².